The summed E-state index contributed by atoms with van der Waals surface area (Å²) in [7, 11) is -2.32. The molecule has 0 aliphatic heterocycles. The van der Waals surface area contributed by atoms with E-state index in [1.54, 1.807) is 4.68 Å². The van der Waals surface area contributed by atoms with E-state index in [-0.39, 0.29) is 28.3 Å². The van der Waals surface area contributed by atoms with Crippen LogP contribution in [0.2, 0.25) is 0 Å². The van der Waals surface area contributed by atoms with Crippen molar-refractivity contribution in [1.82, 2.24) is 25.6 Å². The van der Waals surface area contributed by atoms with E-state index in [4.69, 9.17) is 5.73 Å². The SMILES string of the molecule is C[C@@H](NC(=O)c1cc(C(=O)N[C@@H](Cc2ccccc2)[C@@H](N)Cn2cc(C(C)(C)C)nn2)cc(N(C)S(C)(=O)=O)c1)c1ccccc1. The lowest BCUT2D eigenvalue weighted by Gasteiger charge is -2.26. The first-order chi connectivity index (χ1) is 21.6. The van der Waals surface area contributed by atoms with Gasteiger partial charge in [-0.3, -0.25) is 18.6 Å². The number of sulfonamides is 1. The highest BCUT2D eigenvalue weighted by Crippen LogP contribution is 2.23. The van der Waals surface area contributed by atoms with Crippen LogP contribution in [0.4, 0.5) is 5.69 Å². The molecule has 11 nitrogen and oxygen atoms in total. The highest BCUT2D eigenvalue weighted by Gasteiger charge is 2.26. The second kappa shape index (κ2) is 14.3. The average molecular weight is 646 g/mol. The van der Waals surface area contributed by atoms with Crippen LogP contribution in [0.1, 0.15) is 71.3 Å². The van der Waals surface area contributed by atoms with Gasteiger partial charge in [-0.05, 0) is 42.7 Å². The molecule has 0 aliphatic carbocycles. The largest absolute Gasteiger partial charge is 0.347 e. The van der Waals surface area contributed by atoms with Gasteiger partial charge in [-0.25, -0.2) is 8.42 Å². The van der Waals surface area contributed by atoms with Crippen LogP contribution < -0.4 is 20.7 Å². The van der Waals surface area contributed by atoms with Crippen LogP contribution in [0.15, 0.2) is 85.1 Å². The lowest BCUT2D eigenvalue weighted by molar-refractivity contribution is 0.0928. The number of carbonyl (C=O) groups excluding carboxylic acids is 2. The normalized spacial score (nSPS) is 13.8. The van der Waals surface area contributed by atoms with Gasteiger partial charge < -0.3 is 16.4 Å². The first-order valence-corrected chi connectivity index (χ1v) is 16.9. The lowest BCUT2D eigenvalue weighted by atomic mass is 9.93. The predicted octanol–water partition coefficient (Wildman–Crippen LogP) is 3.83. The zero-order chi connectivity index (χ0) is 33.6. The van der Waals surface area contributed by atoms with Gasteiger partial charge in [-0.1, -0.05) is 86.6 Å². The molecule has 244 valence electrons. The van der Waals surface area contributed by atoms with Crippen molar-refractivity contribution in [2.24, 2.45) is 5.73 Å². The smallest absolute Gasteiger partial charge is 0.251 e. The number of nitrogens with two attached hydrogens (primary N) is 1. The molecule has 1 aromatic heterocycles. The third kappa shape index (κ3) is 9.01. The number of nitrogens with zero attached hydrogens (tertiary/aromatic N) is 4. The second-order valence-electron chi connectivity index (χ2n) is 12.6. The Bertz CT molecular complexity index is 1750. The molecular weight excluding hydrogens is 602 g/mol. The zero-order valence-electron chi connectivity index (χ0n) is 27.1. The number of hydrogen-bond donors (Lipinski definition) is 3. The molecule has 0 radical (unpaired) electrons. The molecule has 3 atom stereocenters. The average Bonchev–Trinajstić information content (AvgIpc) is 3.50. The molecule has 0 unspecified atom stereocenters. The molecule has 4 rings (SSSR count). The Hall–Kier alpha value is -4.55. The minimum atomic E-state index is -3.69. The van der Waals surface area contributed by atoms with E-state index in [1.165, 1.54) is 25.2 Å². The highest BCUT2D eigenvalue weighted by molar-refractivity contribution is 7.92. The van der Waals surface area contributed by atoms with E-state index in [9.17, 15) is 18.0 Å². The number of nitrogens with one attached hydrogen (secondary N) is 2. The summed E-state index contributed by atoms with van der Waals surface area (Å²) in [6.45, 7) is 8.29. The Balaban J connectivity index is 1.64. The molecule has 3 aromatic carbocycles. The summed E-state index contributed by atoms with van der Waals surface area (Å²) in [4.78, 5) is 27.3. The standard InChI is InChI=1S/C34H43N7O4S/c1-23(25-15-11-8-12-16-25)36-32(42)26-18-27(20-28(19-26)40(5)46(6,44)45)33(43)37-30(17-24-13-9-7-10-14-24)29(35)21-41-22-31(38-39-41)34(2,3)4/h7-16,18-20,22-23,29-30H,17,21,35H2,1-6H3,(H,36,42)(H,37,43)/t23-,29+,30+/m1/s1. The number of rotatable bonds is 12. The van der Waals surface area contributed by atoms with Crippen LogP contribution in [-0.2, 0) is 28.4 Å². The number of hydrogen-bond acceptors (Lipinski definition) is 7. The fourth-order valence-electron chi connectivity index (χ4n) is 4.86. The molecule has 0 saturated heterocycles. The van der Waals surface area contributed by atoms with Gasteiger partial charge >= 0.3 is 0 Å². The summed E-state index contributed by atoms with van der Waals surface area (Å²) in [5.74, 6) is -0.952. The number of amides is 2. The van der Waals surface area contributed by atoms with Gasteiger partial charge in [0.2, 0.25) is 10.0 Å². The maximum atomic E-state index is 13.9. The van der Waals surface area contributed by atoms with E-state index in [1.807, 2.05) is 94.6 Å². The summed E-state index contributed by atoms with van der Waals surface area (Å²) < 4.78 is 27.6. The third-order valence-corrected chi connectivity index (χ3v) is 8.99. The van der Waals surface area contributed by atoms with E-state index in [0.29, 0.717) is 13.0 Å². The van der Waals surface area contributed by atoms with Crippen molar-refractivity contribution in [3.8, 4) is 0 Å². The molecule has 0 fully saturated rings. The number of anilines is 1. The van der Waals surface area contributed by atoms with Gasteiger partial charge in [0, 0.05) is 35.8 Å². The Morgan fingerprint density at radius 3 is 2.04 bits per heavy atom. The van der Waals surface area contributed by atoms with Crippen molar-refractivity contribution in [2.45, 2.75) is 64.2 Å². The molecule has 0 spiro atoms. The molecule has 12 heteroatoms. The van der Waals surface area contributed by atoms with E-state index in [0.717, 1.165) is 27.4 Å². The fourth-order valence-corrected chi connectivity index (χ4v) is 5.34. The topological polar surface area (TPSA) is 152 Å². The second-order valence-corrected chi connectivity index (χ2v) is 14.6. The van der Waals surface area contributed by atoms with Gasteiger partial charge in [0.15, 0.2) is 0 Å². The van der Waals surface area contributed by atoms with Crippen molar-refractivity contribution < 1.29 is 18.0 Å². The van der Waals surface area contributed by atoms with Crippen LogP contribution in [-0.4, -0.2) is 60.6 Å². The minimum absolute atomic E-state index is 0.117. The maximum Gasteiger partial charge on any atom is 0.251 e. The fraction of sp³-hybridized carbons (Fsp3) is 0.353. The van der Waals surface area contributed by atoms with Crippen molar-refractivity contribution in [2.75, 3.05) is 17.6 Å². The summed E-state index contributed by atoms with van der Waals surface area (Å²) in [5.41, 5.74) is 9.65. The highest BCUT2D eigenvalue weighted by atomic mass is 32.2. The lowest BCUT2D eigenvalue weighted by Crippen LogP contribution is -2.51. The Labute approximate surface area is 271 Å². The summed E-state index contributed by atoms with van der Waals surface area (Å²) >= 11 is 0. The van der Waals surface area contributed by atoms with Crippen LogP contribution in [0.5, 0.6) is 0 Å². The van der Waals surface area contributed by atoms with Crippen molar-refractivity contribution >= 4 is 27.5 Å². The van der Waals surface area contributed by atoms with E-state index in [2.05, 4.69) is 20.9 Å². The van der Waals surface area contributed by atoms with Gasteiger partial charge in [-0.15, -0.1) is 5.10 Å². The summed E-state index contributed by atoms with van der Waals surface area (Å²) in [5, 5.41) is 14.5. The summed E-state index contributed by atoms with van der Waals surface area (Å²) in [6, 6.07) is 22.0. The van der Waals surface area contributed by atoms with Crippen LogP contribution in [0, 0.1) is 0 Å². The van der Waals surface area contributed by atoms with E-state index >= 15 is 0 Å². The Morgan fingerprint density at radius 2 is 1.50 bits per heavy atom. The third-order valence-electron chi connectivity index (χ3n) is 7.79. The van der Waals surface area contributed by atoms with Gasteiger partial charge in [0.1, 0.15) is 0 Å². The maximum absolute atomic E-state index is 13.9. The van der Waals surface area contributed by atoms with Crippen molar-refractivity contribution in [1.29, 1.82) is 0 Å². The molecule has 0 aliphatic rings. The van der Waals surface area contributed by atoms with E-state index < -0.39 is 33.9 Å². The Morgan fingerprint density at radius 1 is 0.935 bits per heavy atom. The number of carbonyl (C=O) groups is 2. The van der Waals surface area contributed by atoms with Crippen molar-refractivity contribution in [3.63, 3.8) is 0 Å². The quantitative estimate of drug-likeness (QED) is 0.212. The van der Waals surface area contributed by atoms with Crippen LogP contribution in [0.25, 0.3) is 0 Å². The minimum Gasteiger partial charge on any atom is -0.347 e. The predicted molar refractivity (Wildman–Crippen MR) is 180 cm³/mol. The molecule has 0 bridgehead atoms. The summed E-state index contributed by atoms with van der Waals surface area (Å²) in [6.07, 6.45) is 3.34. The van der Waals surface area contributed by atoms with Crippen LogP contribution >= 0.6 is 0 Å². The first kappa shape index (κ1) is 34.3. The molecule has 4 N–H and O–H groups in total. The first-order valence-electron chi connectivity index (χ1n) is 15.1. The van der Waals surface area contributed by atoms with Crippen molar-refractivity contribution in [3.05, 3.63) is 113 Å². The molecule has 4 aromatic rings. The van der Waals surface area contributed by atoms with Gasteiger partial charge in [0.25, 0.3) is 11.8 Å². The zero-order valence-corrected chi connectivity index (χ0v) is 28.0. The van der Waals surface area contributed by atoms with Crippen LogP contribution in [0.3, 0.4) is 0 Å². The Kier molecular flexibility index (Phi) is 10.6. The molecular formula is C34H43N7O4S. The molecule has 46 heavy (non-hydrogen) atoms. The molecule has 2 amide bonds. The molecule has 0 saturated carbocycles. The van der Waals surface area contributed by atoms with Gasteiger partial charge in [0.05, 0.1) is 36.3 Å². The number of benzene rings is 3. The van der Waals surface area contributed by atoms with Gasteiger partial charge in [-0.2, -0.15) is 0 Å². The monoisotopic (exact) mass is 645 g/mol. The molecule has 1 heterocycles. The number of aromatic nitrogens is 3.